The molecule has 1 heterocycles. The number of thiophene rings is 1. The molecule has 0 aliphatic heterocycles. The smallest absolute Gasteiger partial charge is 0.0348 e. The molecule has 0 saturated carbocycles. The lowest BCUT2D eigenvalue weighted by molar-refractivity contribution is 1.40. The highest BCUT2D eigenvalue weighted by Crippen LogP contribution is 2.26. The Morgan fingerprint density at radius 3 is 2.80 bits per heavy atom. The van der Waals surface area contributed by atoms with Gasteiger partial charge in [0.2, 0.25) is 0 Å². The molecule has 1 aromatic carbocycles. The Balaban J connectivity index is 2.37. The van der Waals surface area contributed by atoms with Gasteiger partial charge in [0.15, 0.2) is 0 Å². The van der Waals surface area contributed by atoms with Gasteiger partial charge in [0.1, 0.15) is 0 Å². The molecule has 0 spiro atoms. The van der Waals surface area contributed by atoms with Crippen LogP contribution in [0.3, 0.4) is 0 Å². The van der Waals surface area contributed by atoms with Crippen molar-refractivity contribution in [2.45, 2.75) is 13.8 Å². The number of fused-ring (bicyclic) bond motifs is 1. The highest BCUT2D eigenvalue weighted by atomic mass is 32.1. The van der Waals surface area contributed by atoms with Crippen molar-refractivity contribution in [1.29, 1.82) is 0 Å². The normalized spacial score (nSPS) is 11.1. The monoisotopic (exact) mass is 214 g/mol. The summed E-state index contributed by atoms with van der Waals surface area (Å²) >= 11 is 1.80. The highest BCUT2D eigenvalue weighted by molar-refractivity contribution is 7.17. The summed E-state index contributed by atoms with van der Waals surface area (Å²) in [6.45, 7) is 4.21. The molecule has 0 atom stereocenters. The fraction of sp³-hybridized carbons (Fsp3) is 0.143. The Hall–Kier alpha value is -1.34. The Kier molecular flexibility index (Phi) is 3.02. The average molecular weight is 214 g/mol. The van der Waals surface area contributed by atoms with Gasteiger partial charge in [-0.3, -0.25) is 0 Å². The first-order valence-electron chi connectivity index (χ1n) is 5.05. The first-order valence-corrected chi connectivity index (χ1v) is 5.93. The van der Waals surface area contributed by atoms with Crippen molar-refractivity contribution in [3.8, 4) is 0 Å². The third-order valence-electron chi connectivity index (χ3n) is 2.22. The van der Waals surface area contributed by atoms with Crippen molar-refractivity contribution in [2.75, 3.05) is 0 Å². The van der Waals surface area contributed by atoms with E-state index in [1.807, 2.05) is 0 Å². The molecule has 2 rings (SSSR count). The topological polar surface area (TPSA) is 0 Å². The molecule has 0 radical (unpaired) electrons. The first-order chi connectivity index (χ1) is 7.27. The number of benzene rings is 1. The van der Waals surface area contributed by atoms with Gasteiger partial charge < -0.3 is 0 Å². The van der Waals surface area contributed by atoms with E-state index in [9.17, 15) is 0 Å². The molecular weight excluding hydrogens is 200 g/mol. The van der Waals surface area contributed by atoms with Crippen molar-refractivity contribution in [3.63, 3.8) is 0 Å². The summed E-state index contributed by atoms with van der Waals surface area (Å²) in [5.41, 5.74) is 2.64. The lowest BCUT2D eigenvalue weighted by Gasteiger charge is -1.90. The second kappa shape index (κ2) is 4.45. The van der Waals surface area contributed by atoms with E-state index in [2.05, 4.69) is 61.7 Å². The Morgan fingerprint density at radius 2 is 2.00 bits per heavy atom. The minimum atomic E-state index is 1.31. The third kappa shape index (κ3) is 2.37. The van der Waals surface area contributed by atoms with E-state index in [0.717, 1.165) is 0 Å². The van der Waals surface area contributed by atoms with Crippen LogP contribution in [0.15, 0.2) is 47.4 Å². The van der Waals surface area contributed by atoms with Crippen LogP contribution in [0.1, 0.15) is 19.4 Å². The summed E-state index contributed by atoms with van der Waals surface area (Å²) in [5.74, 6) is 0. The summed E-state index contributed by atoms with van der Waals surface area (Å²) < 4.78 is 1.36. The van der Waals surface area contributed by atoms with Crippen molar-refractivity contribution >= 4 is 27.5 Å². The number of rotatable bonds is 2. The molecule has 2 aromatic rings. The van der Waals surface area contributed by atoms with Gasteiger partial charge in [-0.25, -0.2) is 0 Å². The summed E-state index contributed by atoms with van der Waals surface area (Å²) in [6.07, 6.45) is 6.42. The van der Waals surface area contributed by atoms with Gasteiger partial charge in [0, 0.05) is 4.70 Å². The van der Waals surface area contributed by atoms with Crippen LogP contribution in [0, 0.1) is 0 Å². The van der Waals surface area contributed by atoms with Crippen LogP contribution < -0.4 is 0 Å². The SMILES string of the molecule is CC(C)=C/C=C\c1csc2ccccc12. The lowest BCUT2D eigenvalue weighted by atomic mass is 10.1. The van der Waals surface area contributed by atoms with Gasteiger partial charge in [0.05, 0.1) is 0 Å². The Labute approximate surface area is 94.6 Å². The van der Waals surface area contributed by atoms with E-state index >= 15 is 0 Å². The molecule has 1 heteroatoms. The van der Waals surface area contributed by atoms with E-state index in [1.54, 1.807) is 11.3 Å². The largest absolute Gasteiger partial charge is 0.143 e. The minimum Gasteiger partial charge on any atom is -0.143 e. The van der Waals surface area contributed by atoms with Crippen LogP contribution in [-0.4, -0.2) is 0 Å². The molecule has 0 nitrogen and oxygen atoms in total. The van der Waals surface area contributed by atoms with E-state index in [-0.39, 0.29) is 0 Å². The number of hydrogen-bond acceptors (Lipinski definition) is 1. The minimum absolute atomic E-state index is 1.31. The fourth-order valence-electron chi connectivity index (χ4n) is 1.47. The molecular formula is C14H14S. The van der Waals surface area contributed by atoms with E-state index in [4.69, 9.17) is 0 Å². The zero-order valence-corrected chi connectivity index (χ0v) is 9.84. The van der Waals surface area contributed by atoms with Gasteiger partial charge in [0.25, 0.3) is 0 Å². The second-order valence-electron chi connectivity index (χ2n) is 3.79. The van der Waals surface area contributed by atoms with Gasteiger partial charge >= 0.3 is 0 Å². The molecule has 0 aliphatic rings. The van der Waals surface area contributed by atoms with E-state index < -0.39 is 0 Å². The second-order valence-corrected chi connectivity index (χ2v) is 4.70. The predicted octanol–water partition coefficient (Wildman–Crippen LogP) is 4.88. The predicted molar refractivity (Wildman–Crippen MR) is 70.3 cm³/mol. The maximum atomic E-state index is 2.21. The zero-order valence-electron chi connectivity index (χ0n) is 9.03. The van der Waals surface area contributed by atoms with E-state index in [0.29, 0.717) is 0 Å². The standard InChI is InChI=1S/C14H14S/c1-11(2)6-5-7-12-10-15-14-9-4-3-8-13(12)14/h3-10H,1-2H3/b7-5-. The first kappa shape index (κ1) is 10.2. The third-order valence-corrected chi connectivity index (χ3v) is 3.20. The van der Waals surface area contributed by atoms with Crippen LogP contribution in [0.4, 0.5) is 0 Å². The Morgan fingerprint density at radius 1 is 1.20 bits per heavy atom. The quantitative estimate of drug-likeness (QED) is 0.625. The number of hydrogen-bond donors (Lipinski definition) is 0. The zero-order chi connectivity index (χ0) is 10.7. The molecule has 76 valence electrons. The van der Waals surface area contributed by atoms with Gasteiger partial charge in [-0.15, -0.1) is 11.3 Å². The summed E-state index contributed by atoms with van der Waals surface area (Å²) in [4.78, 5) is 0. The molecule has 15 heavy (non-hydrogen) atoms. The summed E-state index contributed by atoms with van der Waals surface area (Å²) in [7, 11) is 0. The molecule has 0 amide bonds. The van der Waals surface area contributed by atoms with Gasteiger partial charge in [-0.05, 0) is 36.2 Å². The molecule has 1 aromatic heterocycles. The van der Waals surface area contributed by atoms with Crippen molar-refractivity contribution in [1.82, 2.24) is 0 Å². The molecule has 0 aliphatic carbocycles. The van der Waals surface area contributed by atoms with Crippen molar-refractivity contribution in [3.05, 3.63) is 52.9 Å². The molecule has 0 N–H and O–H groups in total. The Bertz CT molecular complexity index is 511. The highest BCUT2D eigenvalue weighted by Gasteiger charge is 1.98. The van der Waals surface area contributed by atoms with Gasteiger partial charge in [-0.2, -0.15) is 0 Å². The lowest BCUT2D eigenvalue weighted by Crippen LogP contribution is -1.67. The molecule has 0 fully saturated rings. The van der Waals surface area contributed by atoms with Crippen LogP contribution in [0.25, 0.3) is 16.2 Å². The number of allylic oxidation sites excluding steroid dienone is 3. The average Bonchev–Trinajstić information content (AvgIpc) is 2.62. The molecule has 0 bridgehead atoms. The van der Waals surface area contributed by atoms with Gasteiger partial charge in [-0.1, -0.05) is 42.0 Å². The summed E-state index contributed by atoms with van der Waals surface area (Å²) in [6, 6.07) is 8.52. The van der Waals surface area contributed by atoms with Crippen LogP contribution in [-0.2, 0) is 0 Å². The van der Waals surface area contributed by atoms with Crippen LogP contribution in [0.2, 0.25) is 0 Å². The van der Waals surface area contributed by atoms with E-state index in [1.165, 1.54) is 21.2 Å². The van der Waals surface area contributed by atoms with Crippen LogP contribution in [0.5, 0.6) is 0 Å². The maximum Gasteiger partial charge on any atom is 0.0348 e. The molecule has 0 saturated heterocycles. The maximum absolute atomic E-state index is 2.21. The van der Waals surface area contributed by atoms with Crippen LogP contribution >= 0.6 is 11.3 Å². The van der Waals surface area contributed by atoms with Crippen molar-refractivity contribution in [2.24, 2.45) is 0 Å². The summed E-state index contributed by atoms with van der Waals surface area (Å²) in [5, 5.41) is 3.56. The molecule has 0 unspecified atom stereocenters. The van der Waals surface area contributed by atoms with Crippen molar-refractivity contribution < 1.29 is 0 Å². The fourth-order valence-corrected chi connectivity index (χ4v) is 2.40.